The fourth-order valence-corrected chi connectivity index (χ4v) is 7.81. The molecule has 7 aromatic rings. The Labute approximate surface area is 257 Å². The molecule has 9 rings (SSSR count). The van der Waals surface area contributed by atoms with Crippen molar-refractivity contribution in [3.63, 3.8) is 0 Å². The summed E-state index contributed by atoms with van der Waals surface area (Å²) in [7, 11) is 0. The van der Waals surface area contributed by atoms with Gasteiger partial charge in [-0.3, -0.25) is 9.55 Å². The highest BCUT2D eigenvalue weighted by atomic mass is 15.2. The summed E-state index contributed by atoms with van der Waals surface area (Å²) in [6.07, 6.45) is 3.77. The van der Waals surface area contributed by atoms with Crippen molar-refractivity contribution in [2.45, 2.75) is 38.5 Å². The Bertz CT molecular complexity index is 2290. The Morgan fingerprint density at radius 1 is 0.523 bits per heavy atom. The van der Waals surface area contributed by atoms with E-state index in [9.17, 15) is 0 Å². The lowest BCUT2D eigenvalue weighted by Crippen LogP contribution is -2.33. The Morgan fingerprint density at radius 2 is 1.25 bits per heavy atom. The summed E-state index contributed by atoms with van der Waals surface area (Å²) in [6.45, 7) is 9.49. The van der Waals surface area contributed by atoms with E-state index in [1.807, 2.05) is 30.6 Å². The van der Waals surface area contributed by atoms with Gasteiger partial charge in [0.2, 0.25) is 0 Å². The average molecular weight is 569 g/mol. The van der Waals surface area contributed by atoms with Crippen LogP contribution in [-0.2, 0) is 10.8 Å². The van der Waals surface area contributed by atoms with Crippen molar-refractivity contribution in [3.8, 4) is 16.9 Å². The molecular formula is C40H32N4. The molecule has 0 saturated carbocycles. The molecule has 4 nitrogen and oxygen atoms in total. The third-order valence-corrected chi connectivity index (χ3v) is 10.0. The lowest BCUT2D eigenvalue weighted by Gasteiger charge is -2.44. The summed E-state index contributed by atoms with van der Waals surface area (Å²) in [4.78, 5) is 12.1. The van der Waals surface area contributed by atoms with E-state index < -0.39 is 0 Å². The van der Waals surface area contributed by atoms with Gasteiger partial charge in [0.15, 0.2) is 0 Å². The maximum atomic E-state index is 4.95. The highest BCUT2D eigenvalue weighted by molar-refractivity contribution is 6.10. The first-order valence-electron chi connectivity index (χ1n) is 15.3. The second-order valence-corrected chi connectivity index (χ2v) is 13.2. The summed E-state index contributed by atoms with van der Waals surface area (Å²) >= 11 is 0. The molecule has 2 aliphatic rings. The van der Waals surface area contributed by atoms with Crippen LogP contribution < -0.4 is 4.90 Å². The summed E-state index contributed by atoms with van der Waals surface area (Å²) in [5, 5.41) is 2.45. The maximum absolute atomic E-state index is 4.95. The van der Waals surface area contributed by atoms with Crippen LogP contribution in [0.3, 0.4) is 0 Å². The van der Waals surface area contributed by atoms with E-state index in [1.54, 1.807) is 0 Å². The summed E-state index contributed by atoms with van der Waals surface area (Å²) < 4.78 is 2.41. The summed E-state index contributed by atoms with van der Waals surface area (Å²) in [6, 6.07) is 39.7. The Morgan fingerprint density at radius 3 is 2.11 bits per heavy atom. The average Bonchev–Trinajstić information content (AvgIpc) is 3.39. The zero-order valence-electron chi connectivity index (χ0n) is 25.3. The first-order valence-corrected chi connectivity index (χ1v) is 15.3. The van der Waals surface area contributed by atoms with E-state index in [1.165, 1.54) is 55.6 Å². The van der Waals surface area contributed by atoms with Crippen LogP contribution in [0.5, 0.6) is 0 Å². The Kier molecular flexibility index (Phi) is 4.98. The first-order chi connectivity index (χ1) is 21.4. The largest absolute Gasteiger partial charge is 0.310 e. The number of fused-ring (bicyclic) bond motifs is 7. The molecule has 44 heavy (non-hydrogen) atoms. The fourth-order valence-electron chi connectivity index (χ4n) is 7.81. The molecule has 0 saturated heterocycles. The van der Waals surface area contributed by atoms with Crippen molar-refractivity contribution in [1.29, 1.82) is 0 Å². The molecule has 0 radical (unpaired) electrons. The number of benzene rings is 4. The molecule has 0 amide bonds. The van der Waals surface area contributed by atoms with E-state index in [-0.39, 0.29) is 10.8 Å². The highest BCUT2D eigenvalue weighted by Gasteiger charge is 2.42. The van der Waals surface area contributed by atoms with Gasteiger partial charge in [0.1, 0.15) is 5.65 Å². The molecule has 0 aliphatic carbocycles. The smallest absolute Gasteiger partial charge is 0.145 e. The predicted molar refractivity (Wildman–Crippen MR) is 181 cm³/mol. The summed E-state index contributed by atoms with van der Waals surface area (Å²) in [5.74, 6) is 0. The Balaban J connectivity index is 1.38. The van der Waals surface area contributed by atoms with Crippen molar-refractivity contribution in [3.05, 3.63) is 144 Å². The van der Waals surface area contributed by atoms with Gasteiger partial charge in [-0.15, -0.1) is 0 Å². The first kappa shape index (κ1) is 25.3. The molecule has 4 aromatic carbocycles. The number of nitrogens with zero attached hydrogens (tertiary/aromatic N) is 4. The topological polar surface area (TPSA) is 34.0 Å². The van der Waals surface area contributed by atoms with E-state index in [0.29, 0.717) is 0 Å². The van der Waals surface area contributed by atoms with E-state index in [4.69, 9.17) is 4.98 Å². The zero-order valence-corrected chi connectivity index (χ0v) is 25.3. The van der Waals surface area contributed by atoms with Crippen molar-refractivity contribution < 1.29 is 0 Å². The molecular weight excluding hydrogens is 536 g/mol. The molecule has 212 valence electrons. The van der Waals surface area contributed by atoms with Crippen molar-refractivity contribution in [1.82, 2.24) is 14.5 Å². The predicted octanol–water partition coefficient (Wildman–Crippen LogP) is 9.99. The van der Waals surface area contributed by atoms with Gasteiger partial charge < -0.3 is 4.90 Å². The molecule has 0 spiro atoms. The van der Waals surface area contributed by atoms with Gasteiger partial charge in [0.05, 0.1) is 28.3 Å². The molecule has 0 bridgehead atoms. The SMILES string of the molecule is CC1(C)c2ccccc2N(c2cccc(-c3ccccn3)c2)c2cc3c(cc21)C(C)(C)c1cccc2c4cccnc4n-3c12. The number of hydrogen-bond donors (Lipinski definition) is 0. The van der Waals surface area contributed by atoms with Crippen LogP contribution in [0.4, 0.5) is 17.1 Å². The molecule has 3 aromatic heterocycles. The quantitative estimate of drug-likeness (QED) is 0.208. The maximum Gasteiger partial charge on any atom is 0.145 e. The van der Waals surface area contributed by atoms with Gasteiger partial charge in [-0.2, -0.15) is 0 Å². The number of rotatable bonds is 2. The minimum absolute atomic E-state index is 0.189. The molecule has 0 atom stereocenters. The zero-order chi connectivity index (χ0) is 29.8. The van der Waals surface area contributed by atoms with E-state index >= 15 is 0 Å². The fraction of sp³-hybridized carbons (Fsp3) is 0.150. The monoisotopic (exact) mass is 568 g/mol. The number of anilines is 3. The lowest BCUT2D eigenvalue weighted by molar-refractivity contribution is 0.606. The van der Waals surface area contributed by atoms with Gasteiger partial charge in [0.25, 0.3) is 0 Å². The van der Waals surface area contributed by atoms with Crippen LogP contribution in [0.2, 0.25) is 0 Å². The molecule has 0 unspecified atom stereocenters. The van der Waals surface area contributed by atoms with Crippen LogP contribution in [0.1, 0.15) is 49.9 Å². The molecule has 0 N–H and O–H groups in total. The van der Waals surface area contributed by atoms with Gasteiger partial charge in [0, 0.05) is 45.2 Å². The number of para-hydroxylation sites is 2. The molecule has 2 aliphatic heterocycles. The van der Waals surface area contributed by atoms with Crippen LogP contribution in [0, 0.1) is 0 Å². The third kappa shape index (κ3) is 3.23. The van der Waals surface area contributed by atoms with Gasteiger partial charge >= 0.3 is 0 Å². The van der Waals surface area contributed by atoms with Crippen LogP contribution >= 0.6 is 0 Å². The van der Waals surface area contributed by atoms with Crippen molar-refractivity contribution >= 4 is 39.0 Å². The van der Waals surface area contributed by atoms with Crippen LogP contribution in [-0.4, -0.2) is 14.5 Å². The number of pyridine rings is 2. The number of hydrogen-bond acceptors (Lipinski definition) is 3. The highest BCUT2D eigenvalue weighted by Crippen LogP contribution is 2.56. The molecule has 4 heteroatoms. The van der Waals surface area contributed by atoms with Gasteiger partial charge in [-0.1, -0.05) is 82.3 Å². The normalized spacial score (nSPS) is 15.6. The standard InChI is InChI=1S/C40H32N4/c1-39(2)29-16-5-6-19-34(29)43(26-13-9-12-25(22-26)33-18-7-8-20-41-33)35-24-36-32(23-31(35)39)40(3,4)30-17-10-14-27-28-15-11-21-42-38(28)44(36)37(27)30/h5-24H,1-4H3. The molecule has 0 fully saturated rings. The van der Waals surface area contributed by atoms with Crippen molar-refractivity contribution in [2.24, 2.45) is 0 Å². The minimum Gasteiger partial charge on any atom is -0.310 e. The Hall–Kier alpha value is -5.22. The second kappa shape index (κ2) is 8.67. The van der Waals surface area contributed by atoms with Crippen molar-refractivity contribution in [2.75, 3.05) is 4.90 Å². The van der Waals surface area contributed by atoms with Gasteiger partial charge in [-0.25, -0.2) is 4.98 Å². The third-order valence-electron chi connectivity index (χ3n) is 10.0. The lowest BCUT2D eigenvalue weighted by atomic mass is 9.69. The van der Waals surface area contributed by atoms with Crippen LogP contribution in [0.15, 0.2) is 122 Å². The van der Waals surface area contributed by atoms with Crippen LogP contribution in [0.25, 0.3) is 38.9 Å². The minimum atomic E-state index is -0.199. The second-order valence-electron chi connectivity index (χ2n) is 13.2. The number of aromatic nitrogens is 3. The molecule has 5 heterocycles. The summed E-state index contributed by atoms with van der Waals surface area (Å²) in [5.41, 5.74) is 14.0. The van der Waals surface area contributed by atoms with E-state index in [2.05, 4.69) is 133 Å². The van der Waals surface area contributed by atoms with E-state index in [0.717, 1.165) is 22.6 Å². The van der Waals surface area contributed by atoms with Gasteiger partial charge in [-0.05, 0) is 76.9 Å².